The normalized spacial score (nSPS) is 55.1. The van der Waals surface area contributed by atoms with Crippen molar-refractivity contribution in [2.75, 3.05) is 6.61 Å². The lowest BCUT2D eigenvalue weighted by atomic mass is 9.44. The first-order valence-electron chi connectivity index (χ1n) is 15.2. The van der Waals surface area contributed by atoms with Crippen molar-refractivity contribution in [2.45, 2.75) is 130 Å². The second-order valence-corrected chi connectivity index (χ2v) is 14.3. The van der Waals surface area contributed by atoms with Gasteiger partial charge in [-0.25, -0.2) is 0 Å². The Hall–Kier alpha value is -0.610. The molecule has 0 N–H and O–H groups in total. The summed E-state index contributed by atoms with van der Waals surface area (Å²) in [6, 6.07) is 0. The fourth-order valence-corrected chi connectivity index (χ4v) is 10.8. The molecule has 35 heavy (non-hydrogen) atoms. The molecule has 4 nitrogen and oxygen atoms in total. The SMILES string of the molecule is CCCC(=O)OC1CCC2(C)C(CCC3C2CCC2(C)C3CC3OC4(CCC(C)CO4)C(C)C32)C1. The Bertz CT molecular complexity index is 817. The molecule has 0 aromatic heterocycles. The van der Waals surface area contributed by atoms with E-state index < -0.39 is 0 Å². The number of rotatable bonds is 3. The van der Waals surface area contributed by atoms with E-state index in [1.165, 1.54) is 44.9 Å². The van der Waals surface area contributed by atoms with Gasteiger partial charge in [0.25, 0.3) is 0 Å². The second-order valence-electron chi connectivity index (χ2n) is 14.3. The van der Waals surface area contributed by atoms with E-state index in [9.17, 15) is 4.79 Å². The maximum absolute atomic E-state index is 12.1. The lowest BCUT2D eigenvalue weighted by molar-refractivity contribution is -0.273. The van der Waals surface area contributed by atoms with Crippen LogP contribution in [0, 0.1) is 52.3 Å². The third kappa shape index (κ3) is 3.69. The average molecular weight is 487 g/mol. The van der Waals surface area contributed by atoms with Crippen molar-refractivity contribution in [1.29, 1.82) is 0 Å². The number of fused-ring (bicyclic) bond motifs is 7. The van der Waals surface area contributed by atoms with Gasteiger partial charge in [-0.3, -0.25) is 4.79 Å². The van der Waals surface area contributed by atoms with E-state index in [4.69, 9.17) is 14.2 Å². The van der Waals surface area contributed by atoms with E-state index in [0.717, 1.165) is 56.0 Å². The van der Waals surface area contributed by atoms with E-state index in [-0.39, 0.29) is 17.9 Å². The zero-order valence-electron chi connectivity index (χ0n) is 23.0. The smallest absolute Gasteiger partial charge is 0.306 e. The first-order chi connectivity index (χ1) is 16.7. The highest BCUT2D eigenvalue weighted by Gasteiger charge is 2.69. The lowest BCUT2D eigenvalue weighted by Gasteiger charge is -2.61. The van der Waals surface area contributed by atoms with Crippen LogP contribution >= 0.6 is 0 Å². The third-order valence-electron chi connectivity index (χ3n) is 12.6. The molecular formula is C31H50O4. The van der Waals surface area contributed by atoms with Gasteiger partial charge in [0.15, 0.2) is 5.79 Å². The summed E-state index contributed by atoms with van der Waals surface area (Å²) in [5.41, 5.74) is 0.823. The molecule has 4 aliphatic carbocycles. The van der Waals surface area contributed by atoms with Crippen molar-refractivity contribution < 1.29 is 19.0 Å². The summed E-state index contributed by atoms with van der Waals surface area (Å²) in [4.78, 5) is 12.1. The van der Waals surface area contributed by atoms with Crippen LogP contribution in [0.25, 0.3) is 0 Å². The van der Waals surface area contributed by atoms with E-state index in [1.807, 2.05) is 0 Å². The van der Waals surface area contributed by atoms with Gasteiger partial charge in [-0.2, -0.15) is 0 Å². The molecule has 2 aliphatic heterocycles. The number of ether oxygens (including phenoxy) is 3. The maximum Gasteiger partial charge on any atom is 0.306 e. The molecule has 2 heterocycles. The molecule has 12 atom stereocenters. The zero-order valence-corrected chi connectivity index (χ0v) is 23.0. The molecule has 4 saturated carbocycles. The Morgan fingerprint density at radius 1 is 0.943 bits per heavy atom. The van der Waals surface area contributed by atoms with Crippen LogP contribution < -0.4 is 0 Å². The van der Waals surface area contributed by atoms with Gasteiger partial charge in [0.2, 0.25) is 0 Å². The van der Waals surface area contributed by atoms with Gasteiger partial charge in [-0.1, -0.05) is 34.6 Å². The Morgan fingerprint density at radius 2 is 1.74 bits per heavy atom. The molecule has 0 bridgehead atoms. The van der Waals surface area contributed by atoms with Crippen molar-refractivity contribution in [3.8, 4) is 0 Å². The number of esters is 1. The predicted molar refractivity (Wildman–Crippen MR) is 137 cm³/mol. The molecule has 4 heteroatoms. The minimum absolute atomic E-state index is 0.0176. The highest BCUT2D eigenvalue weighted by molar-refractivity contribution is 5.69. The molecule has 12 unspecified atom stereocenters. The fraction of sp³-hybridized carbons (Fsp3) is 0.968. The fourth-order valence-electron chi connectivity index (χ4n) is 10.8. The van der Waals surface area contributed by atoms with Crippen molar-refractivity contribution in [2.24, 2.45) is 52.3 Å². The molecule has 2 saturated heterocycles. The summed E-state index contributed by atoms with van der Waals surface area (Å²) < 4.78 is 19.3. The molecular weight excluding hydrogens is 436 g/mol. The summed E-state index contributed by atoms with van der Waals surface area (Å²) in [6.45, 7) is 12.9. The van der Waals surface area contributed by atoms with E-state index in [0.29, 0.717) is 41.1 Å². The molecule has 198 valence electrons. The van der Waals surface area contributed by atoms with Crippen molar-refractivity contribution in [3.63, 3.8) is 0 Å². The van der Waals surface area contributed by atoms with Gasteiger partial charge in [0.05, 0.1) is 12.7 Å². The largest absolute Gasteiger partial charge is 0.462 e. The highest BCUT2D eigenvalue weighted by atomic mass is 16.7. The van der Waals surface area contributed by atoms with Gasteiger partial charge in [0, 0.05) is 18.8 Å². The number of hydrogen-bond donors (Lipinski definition) is 0. The van der Waals surface area contributed by atoms with E-state index in [2.05, 4.69) is 34.6 Å². The summed E-state index contributed by atoms with van der Waals surface area (Å²) in [7, 11) is 0. The van der Waals surface area contributed by atoms with Crippen LogP contribution in [-0.2, 0) is 19.0 Å². The Balaban J connectivity index is 1.17. The number of carbonyl (C=O) groups excluding carboxylic acids is 1. The Kier molecular flexibility index (Phi) is 6.15. The topological polar surface area (TPSA) is 44.8 Å². The Morgan fingerprint density at radius 3 is 2.49 bits per heavy atom. The van der Waals surface area contributed by atoms with Crippen LogP contribution in [0.3, 0.4) is 0 Å². The summed E-state index contributed by atoms with van der Waals surface area (Å²) in [6.07, 6.45) is 14.4. The zero-order chi connectivity index (χ0) is 24.6. The van der Waals surface area contributed by atoms with E-state index >= 15 is 0 Å². The molecule has 6 aliphatic rings. The molecule has 0 radical (unpaired) electrons. The molecule has 1 spiro atoms. The maximum atomic E-state index is 12.1. The van der Waals surface area contributed by atoms with Crippen LogP contribution in [0.4, 0.5) is 0 Å². The van der Waals surface area contributed by atoms with Crippen LogP contribution in [0.5, 0.6) is 0 Å². The first kappa shape index (κ1) is 24.7. The number of hydrogen-bond acceptors (Lipinski definition) is 4. The summed E-state index contributed by atoms with van der Waals surface area (Å²) in [5, 5.41) is 0. The van der Waals surface area contributed by atoms with Crippen LogP contribution in [-0.4, -0.2) is 30.6 Å². The molecule has 6 rings (SSSR count). The summed E-state index contributed by atoms with van der Waals surface area (Å²) in [5.74, 6) is 4.74. The Labute approximate surface area is 213 Å². The number of carbonyl (C=O) groups is 1. The van der Waals surface area contributed by atoms with Gasteiger partial charge in [-0.15, -0.1) is 0 Å². The van der Waals surface area contributed by atoms with Gasteiger partial charge >= 0.3 is 5.97 Å². The second kappa shape index (κ2) is 8.72. The van der Waals surface area contributed by atoms with Crippen molar-refractivity contribution in [1.82, 2.24) is 0 Å². The first-order valence-corrected chi connectivity index (χ1v) is 15.2. The molecule has 6 fully saturated rings. The summed E-state index contributed by atoms with van der Waals surface area (Å²) >= 11 is 0. The quantitative estimate of drug-likeness (QED) is 0.398. The third-order valence-corrected chi connectivity index (χ3v) is 12.6. The monoisotopic (exact) mass is 486 g/mol. The van der Waals surface area contributed by atoms with Crippen LogP contribution in [0.1, 0.15) is 112 Å². The minimum atomic E-state index is -0.302. The minimum Gasteiger partial charge on any atom is -0.462 e. The highest BCUT2D eigenvalue weighted by Crippen LogP contribution is 2.71. The molecule has 0 aromatic carbocycles. The van der Waals surface area contributed by atoms with Crippen molar-refractivity contribution >= 4 is 5.97 Å². The molecule has 0 aromatic rings. The van der Waals surface area contributed by atoms with E-state index in [1.54, 1.807) is 0 Å². The van der Waals surface area contributed by atoms with Gasteiger partial charge in [0.1, 0.15) is 6.10 Å². The van der Waals surface area contributed by atoms with Crippen molar-refractivity contribution in [3.05, 3.63) is 0 Å². The van der Waals surface area contributed by atoms with Gasteiger partial charge < -0.3 is 14.2 Å². The molecule has 0 amide bonds. The average Bonchev–Trinajstić information content (AvgIpc) is 3.26. The lowest BCUT2D eigenvalue weighted by Crippen LogP contribution is -2.55. The van der Waals surface area contributed by atoms with Crippen LogP contribution in [0.2, 0.25) is 0 Å². The predicted octanol–water partition coefficient (Wildman–Crippen LogP) is 7.14. The van der Waals surface area contributed by atoms with Crippen LogP contribution in [0.15, 0.2) is 0 Å². The standard InChI is InChI=1S/C31H50O4/c1-6-7-27(32)34-22-11-13-29(4)21(16-22)8-9-23-24(29)12-14-30(5)25(23)17-26-28(30)20(3)31(35-26)15-10-19(2)18-33-31/h19-26,28H,6-18H2,1-5H3. The van der Waals surface area contributed by atoms with Gasteiger partial charge in [-0.05, 0) is 111 Å².